The average Bonchev–Trinajstić information content (AvgIpc) is 2.37. The number of aliphatic hydroxyl groups is 1. The number of hydrogen-bond acceptors (Lipinski definition) is 3. The average molecular weight is 279 g/mol. The summed E-state index contributed by atoms with van der Waals surface area (Å²) in [7, 11) is 0. The Labute approximate surface area is 121 Å². The Balaban J connectivity index is 2.69. The molecule has 0 heterocycles. The van der Waals surface area contributed by atoms with Gasteiger partial charge in [0.1, 0.15) is 5.75 Å². The van der Waals surface area contributed by atoms with Gasteiger partial charge in [0.15, 0.2) is 6.10 Å². The summed E-state index contributed by atoms with van der Waals surface area (Å²) in [6.07, 6.45) is -0.590. The van der Waals surface area contributed by atoms with Crippen LogP contribution in [0.1, 0.15) is 44.7 Å². The zero-order valence-corrected chi connectivity index (χ0v) is 12.9. The van der Waals surface area contributed by atoms with Crippen molar-refractivity contribution in [2.75, 3.05) is 6.61 Å². The Morgan fingerprint density at radius 2 is 1.95 bits per heavy atom. The highest BCUT2D eigenvalue weighted by atomic mass is 16.5. The van der Waals surface area contributed by atoms with Crippen molar-refractivity contribution < 1.29 is 14.6 Å². The minimum atomic E-state index is -0.590. The molecule has 0 radical (unpaired) electrons. The number of aliphatic hydroxyl groups excluding tert-OH is 1. The fraction of sp³-hybridized carbons (Fsp3) is 0.562. The molecule has 0 fully saturated rings. The lowest BCUT2D eigenvalue weighted by molar-refractivity contribution is -0.128. The molecule has 1 aromatic rings. The van der Waals surface area contributed by atoms with E-state index in [0.717, 1.165) is 5.56 Å². The number of nitrogens with one attached hydrogen (secondary N) is 1. The molecule has 2 unspecified atom stereocenters. The van der Waals surface area contributed by atoms with Gasteiger partial charge in [-0.2, -0.15) is 0 Å². The monoisotopic (exact) mass is 279 g/mol. The molecule has 2 N–H and O–H groups in total. The number of ether oxygens (including phenoxy) is 1. The predicted octanol–water partition coefficient (Wildman–Crippen LogP) is 2.38. The van der Waals surface area contributed by atoms with Crippen LogP contribution in [-0.2, 0) is 4.79 Å². The fourth-order valence-corrected chi connectivity index (χ4v) is 2.03. The van der Waals surface area contributed by atoms with Gasteiger partial charge in [-0.05, 0) is 49.9 Å². The van der Waals surface area contributed by atoms with Crippen LogP contribution in [-0.4, -0.2) is 29.8 Å². The molecule has 1 amide bonds. The van der Waals surface area contributed by atoms with Crippen LogP contribution in [0.4, 0.5) is 0 Å². The van der Waals surface area contributed by atoms with E-state index in [2.05, 4.69) is 19.2 Å². The summed E-state index contributed by atoms with van der Waals surface area (Å²) in [6, 6.07) is 5.62. The van der Waals surface area contributed by atoms with Crippen molar-refractivity contribution >= 4 is 5.91 Å². The highest BCUT2D eigenvalue weighted by molar-refractivity contribution is 5.81. The zero-order valence-electron chi connectivity index (χ0n) is 12.9. The van der Waals surface area contributed by atoms with Gasteiger partial charge in [0.2, 0.25) is 0 Å². The van der Waals surface area contributed by atoms with Gasteiger partial charge in [0, 0.05) is 6.04 Å². The van der Waals surface area contributed by atoms with Crippen molar-refractivity contribution in [2.45, 2.75) is 52.7 Å². The third-order valence-electron chi connectivity index (χ3n) is 3.21. The Kier molecular flexibility index (Phi) is 6.02. The maximum absolute atomic E-state index is 11.8. The summed E-state index contributed by atoms with van der Waals surface area (Å²) < 4.78 is 5.64. The highest BCUT2D eigenvalue weighted by Crippen LogP contribution is 2.24. The van der Waals surface area contributed by atoms with Gasteiger partial charge in [-0.3, -0.25) is 4.79 Å². The van der Waals surface area contributed by atoms with Crippen LogP contribution in [0.25, 0.3) is 0 Å². The van der Waals surface area contributed by atoms with Crippen molar-refractivity contribution in [1.82, 2.24) is 5.32 Å². The van der Waals surface area contributed by atoms with E-state index in [1.807, 2.05) is 25.1 Å². The maximum Gasteiger partial charge on any atom is 0.261 e. The van der Waals surface area contributed by atoms with Crippen molar-refractivity contribution in [3.8, 4) is 5.75 Å². The summed E-state index contributed by atoms with van der Waals surface area (Å²) >= 11 is 0. The van der Waals surface area contributed by atoms with Crippen molar-refractivity contribution in [2.24, 2.45) is 0 Å². The standard InChI is InChI=1S/C16H25NO3/c1-10(2)15-7-6-14(8-11(15)3)20-13(5)16(19)17-12(4)9-18/h6-8,10,12-13,18H,9H2,1-5H3,(H,17,19). The molecule has 0 saturated heterocycles. The molecule has 1 aromatic carbocycles. The summed E-state index contributed by atoms with van der Waals surface area (Å²) in [5, 5.41) is 11.6. The first-order chi connectivity index (χ1) is 9.35. The summed E-state index contributed by atoms with van der Waals surface area (Å²) in [4.78, 5) is 11.8. The van der Waals surface area contributed by atoms with Gasteiger partial charge in [0.05, 0.1) is 6.61 Å². The van der Waals surface area contributed by atoms with Crippen LogP contribution >= 0.6 is 0 Å². The molecule has 1 rings (SSSR count). The van der Waals surface area contributed by atoms with Crippen LogP contribution in [0.5, 0.6) is 5.75 Å². The molecule has 20 heavy (non-hydrogen) atoms. The second kappa shape index (κ2) is 7.29. The first-order valence-corrected chi connectivity index (χ1v) is 7.03. The van der Waals surface area contributed by atoms with Gasteiger partial charge in [0.25, 0.3) is 5.91 Å². The molecule has 0 aliphatic carbocycles. The molecule has 0 aliphatic heterocycles. The van der Waals surface area contributed by atoms with Crippen LogP contribution < -0.4 is 10.1 Å². The second-order valence-corrected chi connectivity index (χ2v) is 5.53. The third-order valence-corrected chi connectivity index (χ3v) is 3.21. The Morgan fingerprint density at radius 3 is 2.45 bits per heavy atom. The molecular weight excluding hydrogens is 254 g/mol. The third kappa shape index (κ3) is 4.53. The van der Waals surface area contributed by atoms with E-state index in [0.29, 0.717) is 11.7 Å². The quantitative estimate of drug-likeness (QED) is 0.840. The van der Waals surface area contributed by atoms with Crippen LogP contribution in [0.2, 0.25) is 0 Å². The Hall–Kier alpha value is -1.55. The highest BCUT2D eigenvalue weighted by Gasteiger charge is 2.17. The van der Waals surface area contributed by atoms with E-state index < -0.39 is 6.10 Å². The van der Waals surface area contributed by atoms with E-state index in [9.17, 15) is 4.79 Å². The van der Waals surface area contributed by atoms with E-state index in [4.69, 9.17) is 9.84 Å². The number of carbonyl (C=O) groups is 1. The number of benzene rings is 1. The molecule has 0 aliphatic rings. The topological polar surface area (TPSA) is 58.6 Å². The molecular formula is C16H25NO3. The molecule has 0 bridgehead atoms. The van der Waals surface area contributed by atoms with Crippen molar-refractivity contribution in [3.05, 3.63) is 29.3 Å². The van der Waals surface area contributed by atoms with E-state index >= 15 is 0 Å². The molecule has 4 nitrogen and oxygen atoms in total. The molecule has 0 spiro atoms. The van der Waals surface area contributed by atoms with Gasteiger partial charge in [-0.1, -0.05) is 19.9 Å². The summed E-state index contributed by atoms with van der Waals surface area (Å²) in [6.45, 7) is 9.70. The normalized spacial score (nSPS) is 13.9. The molecule has 0 saturated carbocycles. The van der Waals surface area contributed by atoms with Gasteiger partial charge >= 0.3 is 0 Å². The molecule has 112 valence electrons. The van der Waals surface area contributed by atoms with Crippen LogP contribution in [0.3, 0.4) is 0 Å². The van der Waals surface area contributed by atoms with Crippen molar-refractivity contribution in [1.29, 1.82) is 0 Å². The SMILES string of the molecule is Cc1cc(OC(C)C(=O)NC(C)CO)ccc1C(C)C. The van der Waals surface area contributed by atoms with Crippen LogP contribution in [0.15, 0.2) is 18.2 Å². The summed E-state index contributed by atoms with van der Waals surface area (Å²) in [5.74, 6) is 0.929. The van der Waals surface area contributed by atoms with Crippen molar-refractivity contribution in [3.63, 3.8) is 0 Å². The lowest BCUT2D eigenvalue weighted by atomic mass is 9.98. The number of amides is 1. The largest absolute Gasteiger partial charge is 0.481 e. The Bertz CT molecular complexity index is 457. The number of hydrogen-bond donors (Lipinski definition) is 2. The molecule has 0 aromatic heterocycles. The number of carbonyl (C=O) groups excluding carboxylic acids is 1. The molecule has 4 heteroatoms. The smallest absolute Gasteiger partial charge is 0.261 e. The van der Waals surface area contributed by atoms with E-state index in [1.165, 1.54) is 5.56 Å². The number of aryl methyl sites for hydroxylation is 1. The van der Waals surface area contributed by atoms with Gasteiger partial charge in [-0.25, -0.2) is 0 Å². The number of rotatable bonds is 6. The van der Waals surface area contributed by atoms with E-state index in [1.54, 1.807) is 13.8 Å². The second-order valence-electron chi connectivity index (χ2n) is 5.53. The summed E-state index contributed by atoms with van der Waals surface area (Å²) in [5.41, 5.74) is 2.44. The lowest BCUT2D eigenvalue weighted by Crippen LogP contribution is -2.42. The lowest BCUT2D eigenvalue weighted by Gasteiger charge is -2.18. The fourth-order valence-electron chi connectivity index (χ4n) is 2.03. The predicted molar refractivity (Wildman–Crippen MR) is 80.0 cm³/mol. The van der Waals surface area contributed by atoms with E-state index in [-0.39, 0.29) is 18.6 Å². The maximum atomic E-state index is 11.8. The zero-order chi connectivity index (χ0) is 15.3. The first-order valence-electron chi connectivity index (χ1n) is 7.03. The first kappa shape index (κ1) is 16.5. The van der Waals surface area contributed by atoms with Gasteiger partial charge in [-0.15, -0.1) is 0 Å². The minimum Gasteiger partial charge on any atom is -0.481 e. The molecule has 2 atom stereocenters. The Morgan fingerprint density at radius 1 is 1.30 bits per heavy atom. The van der Waals surface area contributed by atoms with Crippen LogP contribution in [0, 0.1) is 6.92 Å². The van der Waals surface area contributed by atoms with Gasteiger partial charge < -0.3 is 15.2 Å². The minimum absolute atomic E-state index is 0.0827.